The van der Waals surface area contributed by atoms with Crippen LogP contribution in [-0.4, -0.2) is 42.8 Å². The first-order valence-corrected chi connectivity index (χ1v) is 6.20. The molecule has 2 fully saturated rings. The molecule has 2 unspecified atom stereocenters. The van der Waals surface area contributed by atoms with Crippen molar-refractivity contribution in [3.05, 3.63) is 0 Å². The molecular formula is C12H24N2O. The van der Waals surface area contributed by atoms with E-state index in [1.165, 1.54) is 13.0 Å². The molecule has 0 aromatic carbocycles. The van der Waals surface area contributed by atoms with Crippen LogP contribution >= 0.6 is 0 Å². The first-order chi connectivity index (χ1) is 7.09. The average molecular weight is 212 g/mol. The van der Waals surface area contributed by atoms with Crippen LogP contribution in [0.15, 0.2) is 0 Å². The van der Waals surface area contributed by atoms with Gasteiger partial charge in [0.25, 0.3) is 0 Å². The van der Waals surface area contributed by atoms with Gasteiger partial charge in [-0.15, -0.1) is 0 Å². The van der Waals surface area contributed by atoms with Gasteiger partial charge in [0.05, 0.1) is 0 Å². The van der Waals surface area contributed by atoms with Crippen LogP contribution in [0.5, 0.6) is 0 Å². The van der Waals surface area contributed by atoms with Crippen molar-refractivity contribution >= 4 is 0 Å². The van der Waals surface area contributed by atoms with Gasteiger partial charge < -0.3 is 10.5 Å². The first-order valence-electron chi connectivity index (χ1n) is 6.20. The molecule has 3 nitrogen and oxygen atoms in total. The number of nitrogens with zero attached hydrogens (tertiary/aromatic N) is 1. The standard InChI is InChI=1S/C12H24N2O/c1-10-7-11(2)14(8-10)9-12(13)3-5-15-6-4-12/h10-11H,3-9,13H2,1-2H3. The molecule has 2 aliphatic heterocycles. The Hall–Kier alpha value is -0.120. The molecule has 0 bridgehead atoms. The molecule has 0 radical (unpaired) electrons. The Balaban J connectivity index is 1.89. The maximum absolute atomic E-state index is 6.42. The lowest BCUT2D eigenvalue weighted by atomic mass is 9.90. The normalized spacial score (nSPS) is 37.0. The Morgan fingerprint density at radius 3 is 2.53 bits per heavy atom. The summed E-state index contributed by atoms with van der Waals surface area (Å²) in [5.74, 6) is 0.837. The quantitative estimate of drug-likeness (QED) is 0.748. The van der Waals surface area contributed by atoms with E-state index in [2.05, 4.69) is 18.7 Å². The van der Waals surface area contributed by atoms with Crippen LogP contribution in [0.3, 0.4) is 0 Å². The van der Waals surface area contributed by atoms with Gasteiger partial charge >= 0.3 is 0 Å². The lowest BCUT2D eigenvalue weighted by Crippen LogP contribution is -2.54. The molecule has 0 spiro atoms. The predicted octanol–water partition coefficient (Wildman–Crippen LogP) is 1.22. The van der Waals surface area contributed by atoms with Crippen molar-refractivity contribution in [2.24, 2.45) is 11.7 Å². The molecule has 0 aromatic rings. The van der Waals surface area contributed by atoms with E-state index in [0.29, 0.717) is 6.04 Å². The van der Waals surface area contributed by atoms with Gasteiger partial charge in [0.2, 0.25) is 0 Å². The largest absolute Gasteiger partial charge is 0.381 e. The maximum Gasteiger partial charge on any atom is 0.0484 e. The van der Waals surface area contributed by atoms with Gasteiger partial charge in [0.1, 0.15) is 0 Å². The minimum atomic E-state index is 0.0105. The number of hydrogen-bond acceptors (Lipinski definition) is 3. The zero-order chi connectivity index (χ0) is 10.9. The molecule has 2 aliphatic rings. The third-order valence-corrected chi connectivity index (χ3v) is 3.92. The Kier molecular flexibility index (Phi) is 3.33. The maximum atomic E-state index is 6.42. The van der Waals surface area contributed by atoms with Crippen LogP contribution in [0.25, 0.3) is 0 Å². The summed E-state index contributed by atoms with van der Waals surface area (Å²) in [6, 6.07) is 0.711. The van der Waals surface area contributed by atoms with Crippen molar-refractivity contribution in [3.63, 3.8) is 0 Å². The van der Waals surface area contributed by atoms with Crippen LogP contribution in [0.4, 0.5) is 0 Å². The summed E-state index contributed by atoms with van der Waals surface area (Å²) >= 11 is 0. The number of hydrogen-bond donors (Lipinski definition) is 1. The Morgan fingerprint density at radius 1 is 1.33 bits per heavy atom. The van der Waals surface area contributed by atoms with E-state index in [4.69, 9.17) is 10.5 Å². The number of rotatable bonds is 2. The van der Waals surface area contributed by atoms with Crippen molar-refractivity contribution in [2.75, 3.05) is 26.3 Å². The highest BCUT2D eigenvalue weighted by Crippen LogP contribution is 2.27. The molecule has 0 amide bonds. The second kappa shape index (κ2) is 4.40. The lowest BCUT2D eigenvalue weighted by Gasteiger charge is -2.38. The first kappa shape index (κ1) is 11.4. The molecule has 3 heteroatoms. The highest BCUT2D eigenvalue weighted by molar-refractivity contribution is 4.93. The second-order valence-electron chi connectivity index (χ2n) is 5.59. The molecule has 2 N–H and O–H groups in total. The van der Waals surface area contributed by atoms with Crippen molar-refractivity contribution in [2.45, 2.75) is 44.7 Å². The highest BCUT2D eigenvalue weighted by Gasteiger charge is 2.34. The Bertz CT molecular complexity index is 214. The molecule has 0 aliphatic carbocycles. The summed E-state index contributed by atoms with van der Waals surface area (Å²) in [7, 11) is 0. The predicted molar refractivity (Wildman–Crippen MR) is 61.8 cm³/mol. The fourth-order valence-electron chi connectivity index (χ4n) is 2.95. The summed E-state index contributed by atoms with van der Waals surface area (Å²) in [5, 5.41) is 0. The number of ether oxygens (including phenoxy) is 1. The summed E-state index contributed by atoms with van der Waals surface area (Å²) in [6.07, 6.45) is 3.36. The zero-order valence-electron chi connectivity index (χ0n) is 10.0. The molecule has 0 aromatic heterocycles. The minimum absolute atomic E-state index is 0.0105. The van der Waals surface area contributed by atoms with E-state index in [1.54, 1.807) is 0 Å². The SMILES string of the molecule is CC1CC(C)N(CC2(N)CCOCC2)C1. The van der Waals surface area contributed by atoms with Crippen molar-refractivity contribution in [1.29, 1.82) is 0 Å². The van der Waals surface area contributed by atoms with Crippen LogP contribution in [-0.2, 0) is 4.74 Å². The van der Waals surface area contributed by atoms with Crippen LogP contribution in [0.2, 0.25) is 0 Å². The van der Waals surface area contributed by atoms with Crippen LogP contribution in [0.1, 0.15) is 33.1 Å². The highest BCUT2D eigenvalue weighted by atomic mass is 16.5. The van der Waals surface area contributed by atoms with E-state index < -0.39 is 0 Å². The topological polar surface area (TPSA) is 38.5 Å². The van der Waals surface area contributed by atoms with E-state index in [0.717, 1.165) is 38.5 Å². The Morgan fingerprint density at radius 2 is 2.00 bits per heavy atom. The Labute approximate surface area is 93.0 Å². The van der Waals surface area contributed by atoms with Crippen molar-refractivity contribution in [3.8, 4) is 0 Å². The molecule has 2 saturated heterocycles. The fourth-order valence-corrected chi connectivity index (χ4v) is 2.95. The third kappa shape index (κ3) is 2.71. The summed E-state index contributed by atoms with van der Waals surface area (Å²) in [5.41, 5.74) is 6.44. The lowest BCUT2D eigenvalue weighted by molar-refractivity contribution is 0.0364. The van der Waals surface area contributed by atoms with Gasteiger partial charge in [-0.2, -0.15) is 0 Å². The van der Waals surface area contributed by atoms with Crippen molar-refractivity contribution in [1.82, 2.24) is 4.90 Å². The van der Waals surface area contributed by atoms with Gasteiger partial charge in [-0.1, -0.05) is 6.92 Å². The minimum Gasteiger partial charge on any atom is -0.381 e. The molecule has 88 valence electrons. The molecule has 2 rings (SSSR count). The van der Waals surface area contributed by atoms with Gasteiger partial charge in [0.15, 0.2) is 0 Å². The number of nitrogens with two attached hydrogens (primary N) is 1. The summed E-state index contributed by atoms with van der Waals surface area (Å²) < 4.78 is 5.38. The van der Waals surface area contributed by atoms with Gasteiger partial charge in [0, 0.05) is 37.9 Å². The zero-order valence-corrected chi connectivity index (χ0v) is 10.0. The smallest absolute Gasteiger partial charge is 0.0484 e. The van der Waals surface area contributed by atoms with Crippen molar-refractivity contribution < 1.29 is 4.74 Å². The van der Waals surface area contributed by atoms with E-state index in [-0.39, 0.29) is 5.54 Å². The van der Waals surface area contributed by atoms with E-state index >= 15 is 0 Å². The monoisotopic (exact) mass is 212 g/mol. The van der Waals surface area contributed by atoms with Crippen LogP contribution in [0, 0.1) is 5.92 Å². The molecule has 2 heterocycles. The van der Waals surface area contributed by atoms with E-state index in [1.807, 2.05) is 0 Å². The third-order valence-electron chi connectivity index (χ3n) is 3.92. The van der Waals surface area contributed by atoms with E-state index in [9.17, 15) is 0 Å². The molecule has 0 saturated carbocycles. The average Bonchev–Trinajstić information content (AvgIpc) is 2.45. The molecular weight excluding hydrogens is 188 g/mol. The molecule has 15 heavy (non-hydrogen) atoms. The second-order valence-corrected chi connectivity index (χ2v) is 5.59. The van der Waals surface area contributed by atoms with Gasteiger partial charge in [-0.05, 0) is 32.1 Å². The number of likely N-dealkylation sites (tertiary alicyclic amines) is 1. The molecule has 2 atom stereocenters. The van der Waals surface area contributed by atoms with Crippen LogP contribution < -0.4 is 5.73 Å². The summed E-state index contributed by atoms with van der Waals surface area (Å²) in [6.45, 7) is 8.63. The van der Waals surface area contributed by atoms with Gasteiger partial charge in [-0.25, -0.2) is 0 Å². The van der Waals surface area contributed by atoms with Gasteiger partial charge in [-0.3, -0.25) is 4.90 Å². The fraction of sp³-hybridized carbons (Fsp3) is 1.00. The summed E-state index contributed by atoms with van der Waals surface area (Å²) in [4.78, 5) is 2.57.